The summed E-state index contributed by atoms with van der Waals surface area (Å²) in [4.78, 5) is 12.7. The molecule has 0 aromatic heterocycles. The van der Waals surface area contributed by atoms with Crippen molar-refractivity contribution < 1.29 is 15.0 Å². The third-order valence-electron chi connectivity index (χ3n) is 3.34. The number of aromatic carboxylic acids is 1. The molecule has 0 radical (unpaired) electrons. The van der Waals surface area contributed by atoms with Gasteiger partial charge in [0.1, 0.15) is 6.04 Å². The van der Waals surface area contributed by atoms with Crippen molar-refractivity contribution in [1.82, 2.24) is 0 Å². The zero-order chi connectivity index (χ0) is 13.1. The van der Waals surface area contributed by atoms with E-state index in [1.807, 2.05) is 4.90 Å². The van der Waals surface area contributed by atoms with Crippen LogP contribution in [0.2, 0.25) is 0 Å². The van der Waals surface area contributed by atoms with Gasteiger partial charge in [0.05, 0.1) is 11.6 Å². The third-order valence-corrected chi connectivity index (χ3v) is 3.34. The standard InChI is InChI=1S/C13H14N2O3/c14-7-12-10(8-16)5-6-15(12)11-3-1-9(2-4-11)13(17)18/h1-4,10,12,16H,5-6,8H2,(H,17,18). The molecule has 2 unspecified atom stereocenters. The highest BCUT2D eigenvalue weighted by molar-refractivity contribution is 5.88. The average Bonchev–Trinajstić information content (AvgIpc) is 2.81. The van der Waals surface area contributed by atoms with Crippen molar-refractivity contribution in [3.8, 4) is 6.07 Å². The van der Waals surface area contributed by atoms with Gasteiger partial charge in [-0.1, -0.05) is 0 Å². The van der Waals surface area contributed by atoms with Crippen LogP contribution in [0.4, 0.5) is 5.69 Å². The van der Waals surface area contributed by atoms with Crippen molar-refractivity contribution in [2.24, 2.45) is 5.92 Å². The predicted molar refractivity (Wildman–Crippen MR) is 65.3 cm³/mol. The van der Waals surface area contributed by atoms with Gasteiger partial charge in [0.25, 0.3) is 0 Å². The van der Waals surface area contributed by atoms with Gasteiger partial charge >= 0.3 is 5.97 Å². The number of carboxylic acid groups (broad SMARTS) is 1. The number of nitriles is 1. The molecule has 2 N–H and O–H groups in total. The summed E-state index contributed by atoms with van der Waals surface area (Å²) in [6.07, 6.45) is 0.773. The Morgan fingerprint density at radius 2 is 2.11 bits per heavy atom. The molecule has 5 heteroatoms. The zero-order valence-electron chi connectivity index (χ0n) is 9.78. The Morgan fingerprint density at radius 1 is 1.44 bits per heavy atom. The van der Waals surface area contributed by atoms with Crippen LogP contribution in [0, 0.1) is 17.2 Å². The number of nitrogens with zero attached hydrogens (tertiary/aromatic N) is 2. The Kier molecular flexibility index (Phi) is 3.49. The molecule has 0 aliphatic carbocycles. The quantitative estimate of drug-likeness (QED) is 0.834. The Bertz CT molecular complexity index is 478. The van der Waals surface area contributed by atoms with E-state index >= 15 is 0 Å². The van der Waals surface area contributed by atoms with Crippen LogP contribution >= 0.6 is 0 Å². The molecule has 1 aromatic rings. The van der Waals surface area contributed by atoms with Gasteiger partial charge in [-0.3, -0.25) is 0 Å². The van der Waals surface area contributed by atoms with E-state index in [2.05, 4.69) is 6.07 Å². The van der Waals surface area contributed by atoms with Crippen molar-refractivity contribution in [2.75, 3.05) is 18.1 Å². The van der Waals surface area contributed by atoms with E-state index < -0.39 is 5.97 Å². The van der Waals surface area contributed by atoms with Crippen molar-refractivity contribution in [3.63, 3.8) is 0 Å². The fourth-order valence-electron chi connectivity index (χ4n) is 2.31. The Morgan fingerprint density at radius 3 is 2.61 bits per heavy atom. The van der Waals surface area contributed by atoms with Gasteiger partial charge in [0.15, 0.2) is 0 Å². The normalized spacial score (nSPS) is 22.8. The first kappa shape index (κ1) is 12.4. The Hall–Kier alpha value is -2.06. The first-order chi connectivity index (χ1) is 8.67. The maximum atomic E-state index is 10.8. The number of hydrogen-bond acceptors (Lipinski definition) is 4. The lowest BCUT2D eigenvalue weighted by atomic mass is 10.0. The summed E-state index contributed by atoms with van der Waals surface area (Å²) in [7, 11) is 0. The van der Waals surface area contributed by atoms with Crippen LogP contribution in [-0.4, -0.2) is 35.4 Å². The number of carboxylic acids is 1. The van der Waals surface area contributed by atoms with Crippen LogP contribution in [0.1, 0.15) is 16.8 Å². The molecule has 0 spiro atoms. The Labute approximate surface area is 105 Å². The molecule has 5 nitrogen and oxygen atoms in total. The van der Waals surface area contributed by atoms with Crippen molar-refractivity contribution in [2.45, 2.75) is 12.5 Å². The van der Waals surface area contributed by atoms with Crippen LogP contribution in [0.5, 0.6) is 0 Å². The lowest BCUT2D eigenvalue weighted by Gasteiger charge is -2.23. The zero-order valence-corrected chi connectivity index (χ0v) is 9.78. The second kappa shape index (κ2) is 5.07. The van der Waals surface area contributed by atoms with E-state index in [1.54, 1.807) is 12.1 Å². The Balaban J connectivity index is 2.22. The fourth-order valence-corrected chi connectivity index (χ4v) is 2.31. The van der Waals surface area contributed by atoms with E-state index in [0.717, 1.165) is 12.1 Å². The highest BCUT2D eigenvalue weighted by atomic mass is 16.4. The molecule has 2 atom stereocenters. The van der Waals surface area contributed by atoms with Gasteiger partial charge in [0.2, 0.25) is 0 Å². The van der Waals surface area contributed by atoms with Gasteiger partial charge in [-0.15, -0.1) is 0 Å². The summed E-state index contributed by atoms with van der Waals surface area (Å²) in [5.41, 5.74) is 1.05. The molecule has 0 amide bonds. The number of hydrogen-bond donors (Lipinski definition) is 2. The lowest BCUT2D eigenvalue weighted by molar-refractivity contribution is 0.0697. The van der Waals surface area contributed by atoms with Gasteiger partial charge in [-0.25, -0.2) is 4.79 Å². The summed E-state index contributed by atoms with van der Waals surface area (Å²) in [6.45, 7) is 0.706. The van der Waals surface area contributed by atoms with E-state index in [0.29, 0.717) is 6.54 Å². The average molecular weight is 246 g/mol. The fraction of sp³-hybridized carbons (Fsp3) is 0.385. The van der Waals surface area contributed by atoms with Crippen molar-refractivity contribution >= 4 is 11.7 Å². The van der Waals surface area contributed by atoms with Gasteiger partial charge in [-0.05, 0) is 30.7 Å². The van der Waals surface area contributed by atoms with Gasteiger partial charge < -0.3 is 15.1 Å². The van der Waals surface area contributed by atoms with Crippen LogP contribution in [0.15, 0.2) is 24.3 Å². The molecule has 1 aromatic carbocycles. The number of rotatable bonds is 3. The highest BCUT2D eigenvalue weighted by Gasteiger charge is 2.33. The monoisotopic (exact) mass is 246 g/mol. The van der Waals surface area contributed by atoms with E-state index in [4.69, 9.17) is 10.4 Å². The minimum absolute atomic E-state index is 0.00192. The number of aliphatic hydroxyl groups excluding tert-OH is 1. The summed E-state index contributed by atoms with van der Waals surface area (Å²) in [6, 6.07) is 8.31. The van der Waals surface area contributed by atoms with Gasteiger partial charge in [-0.2, -0.15) is 5.26 Å². The highest BCUT2D eigenvalue weighted by Crippen LogP contribution is 2.29. The van der Waals surface area contributed by atoms with E-state index in [9.17, 15) is 9.90 Å². The second-order valence-corrected chi connectivity index (χ2v) is 4.35. The molecule has 18 heavy (non-hydrogen) atoms. The number of benzene rings is 1. The SMILES string of the molecule is N#CC1C(CO)CCN1c1ccc(C(=O)O)cc1. The molecule has 1 fully saturated rings. The van der Waals surface area contributed by atoms with E-state index in [-0.39, 0.29) is 24.1 Å². The molecule has 0 saturated carbocycles. The molecule has 1 heterocycles. The minimum Gasteiger partial charge on any atom is -0.478 e. The molecule has 1 aliphatic rings. The lowest BCUT2D eigenvalue weighted by Crippen LogP contribution is -2.32. The van der Waals surface area contributed by atoms with Crippen LogP contribution in [-0.2, 0) is 0 Å². The molecular weight excluding hydrogens is 232 g/mol. The molecule has 1 aliphatic heterocycles. The van der Waals surface area contributed by atoms with Crippen LogP contribution < -0.4 is 4.90 Å². The number of aliphatic hydroxyl groups is 1. The van der Waals surface area contributed by atoms with Crippen LogP contribution in [0.25, 0.3) is 0 Å². The molecule has 0 bridgehead atoms. The predicted octanol–water partition coefficient (Wildman–Crippen LogP) is 1.10. The number of carbonyl (C=O) groups is 1. The minimum atomic E-state index is -0.965. The second-order valence-electron chi connectivity index (χ2n) is 4.35. The topological polar surface area (TPSA) is 84.6 Å². The van der Waals surface area contributed by atoms with Crippen LogP contribution in [0.3, 0.4) is 0 Å². The smallest absolute Gasteiger partial charge is 0.335 e. The largest absolute Gasteiger partial charge is 0.478 e. The summed E-state index contributed by atoms with van der Waals surface area (Å²) in [5, 5.41) is 27.2. The van der Waals surface area contributed by atoms with Gasteiger partial charge in [0, 0.05) is 24.8 Å². The van der Waals surface area contributed by atoms with E-state index in [1.165, 1.54) is 12.1 Å². The number of anilines is 1. The maximum absolute atomic E-state index is 10.8. The maximum Gasteiger partial charge on any atom is 0.335 e. The molecule has 94 valence electrons. The van der Waals surface area contributed by atoms with Crippen molar-refractivity contribution in [3.05, 3.63) is 29.8 Å². The first-order valence-corrected chi connectivity index (χ1v) is 5.78. The third kappa shape index (κ3) is 2.15. The van der Waals surface area contributed by atoms with Crippen molar-refractivity contribution in [1.29, 1.82) is 5.26 Å². The summed E-state index contributed by atoms with van der Waals surface area (Å²) in [5.74, 6) is -0.998. The summed E-state index contributed by atoms with van der Waals surface area (Å²) < 4.78 is 0. The summed E-state index contributed by atoms with van der Waals surface area (Å²) >= 11 is 0. The molecular formula is C13H14N2O3. The first-order valence-electron chi connectivity index (χ1n) is 5.78. The molecule has 1 saturated heterocycles. The molecule has 2 rings (SSSR count).